The van der Waals surface area contributed by atoms with Gasteiger partial charge >= 0.3 is 0 Å². The second-order valence-corrected chi connectivity index (χ2v) is 7.52. The first kappa shape index (κ1) is 17.3. The van der Waals surface area contributed by atoms with Crippen LogP contribution in [0.5, 0.6) is 5.75 Å². The standard InChI is InChI=1S/C21H26FN3O/c1-13-10-18(22)17(11-19(13)26-3)16-4-5-20(23-12-16)24-21-14(2)25-8-6-15(21)7-9-25/h4-5,10-12,14-15,21H,6-9H2,1-3H3,(H,23,24). The first-order valence-corrected chi connectivity index (χ1v) is 9.38. The molecule has 2 atom stereocenters. The second-order valence-electron chi connectivity index (χ2n) is 7.52. The number of aryl methyl sites for hydroxylation is 1. The quantitative estimate of drug-likeness (QED) is 0.896. The molecule has 2 bridgehead atoms. The van der Waals surface area contributed by atoms with Gasteiger partial charge in [0.1, 0.15) is 17.4 Å². The van der Waals surface area contributed by atoms with Crippen molar-refractivity contribution in [1.29, 1.82) is 0 Å². The molecule has 1 aromatic heterocycles. The summed E-state index contributed by atoms with van der Waals surface area (Å²) in [6.07, 6.45) is 4.25. The number of piperidine rings is 3. The normalized spacial score (nSPS) is 27.4. The minimum Gasteiger partial charge on any atom is -0.496 e. The summed E-state index contributed by atoms with van der Waals surface area (Å²) in [5.41, 5.74) is 2.06. The Morgan fingerprint density at radius 3 is 2.62 bits per heavy atom. The summed E-state index contributed by atoms with van der Waals surface area (Å²) in [5, 5.41) is 3.62. The van der Waals surface area contributed by atoms with Gasteiger partial charge in [0, 0.05) is 29.4 Å². The molecule has 3 aliphatic heterocycles. The lowest BCUT2D eigenvalue weighted by Gasteiger charge is -2.50. The highest BCUT2D eigenvalue weighted by molar-refractivity contribution is 5.67. The molecule has 4 heterocycles. The molecule has 0 aliphatic carbocycles. The van der Waals surface area contributed by atoms with Crippen molar-refractivity contribution in [2.24, 2.45) is 5.92 Å². The molecule has 3 saturated heterocycles. The molecular weight excluding hydrogens is 329 g/mol. The Kier molecular flexibility index (Phi) is 4.57. The SMILES string of the molecule is COc1cc(-c2ccc(NC3C4CCN(CC4)C3C)nc2)c(F)cc1C. The van der Waals surface area contributed by atoms with Crippen molar-refractivity contribution in [2.45, 2.75) is 38.8 Å². The molecule has 1 N–H and O–H groups in total. The topological polar surface area (TPSA) is 37.4 Å². The monoisotopic (exact) mass is 355 g/mol. The average Bonchev–Trinajstić information content (AvgIpc) is 2.66. The van der Waals surface area contributed by atoms with Gasteiger partial charge in [0.2, 0.25) is 0 Å². The van der Waals surface area contributed by atoms with Crippen LogP contribution in [0.4, 0.5) is 10.2 Å². The summed E-state index contributed by atoms with van der Waals surface area (Å²) >= 11 is 0. The summed E-state index contributed by atoms with van der Waals surface area (Å²) in [5.74, 6) is 2.01. The van der Waals surface area contributed by atoms with Crippen LogP contribution in [0.3, 0.4) is 0 Å². The Morgan fingerprint density at radius 2 is 2.00 bits per heavy atom. The molecule has 5 rings (SSSR count). The summed E-state index contributed by atoms with van der Waals surface area (Å²) in [6, 6.07) is 8.09. The van der Waals surface area contributed by atoms with Crippen LogP contribution in [0.15, 0.2) is 30.5 Å². The summed E-state index contributed by atoms with van der Waals surface area (Å²) in [7, 11) is 1.60. The molecule has 1 aromatic carbocycles. The van der Waals surface area contributed by atoms with E-state index >= 15 is 0 Å². The largest absolute Gasteiger partial charge is 0.496 e. The minimum atomic E-state index is -0.253. The van der Waals surface area contributed by atoms with E-state index in [1.807, 2.05) is 19.1 Å². The van der Waals surface area contributed by atoms with E-state index in [1.54, 1.807) is 19.4 Å². The van der Waals surface area contributed by atoms with Gasteiger partial charge in [-0.05, 0) is 75.5 Å². The predicted octanol–water partition coefficient (Wildman–Crippen LogP) is 4.10. The second kappa shape index (κ2) is 6.88. The average molecular weight is 355 g/mol. The van der Waals surface area contributed by atoms with Crippen molar-refractivity contribution in [2.75, 3.05) is 25.5 Å². The smallest absolute Gasteiger partial charge is 0.131 e. The van der Waals surface area contributed by atoms with E-state index in [2.05, 4.69) is 22.1 Å². The number of aromatic nitrogens is 1. The zero-order valence-electron chi connectivity index (χ0n) is 15.6. The number of hydrogen-bond acceptors (Lipinski definition) is 4. The van der Waals surface area contributed by atoms with E-state index in [-0.39, 0.29) is 5.82 Å². The first-order chi connectivity index (χ1) is 12.6. The number of benzene rings is 1. The van der Waals surface area contributed by atoms with Crippen molar-refractivity contribution in [1.82, 2.24) is 9.88 Å². The maximum Gasteiger partial charge on any atom is 0.131 e. The fourth-order valence-corrected chi connectivity index (χ4v) is 4.45. The van der Waals surface area contributed by atoms with Crippen LogP contribution in [-0.4, -0.2) is 42.2 Å². The zero-order chi connectivity index (χ0) is 18.3. The van der Waals surface area contributed by atoms with E-state index < -0.39 is 0 Å². The highest BCUT2D eigenvalue weighted by atomic mass is 19.1. The van der Waals surface area contributed by atoms with Crippen molar-refractivity contribution < 1.29 is 9.13 Å². The van der Waals surface area contributed by atoms with Gasteiger partial charge in [-0.3, -0.25) is 4.90 Å². The number of anilines is 1. The van der Waals surface area contributed by atoms with Gasteiger partial charge in [0.15, 0.2) is 0 Å². The molecule has 5 heteroatoms. The van der Waals surface area contributed by atoms with Gasteiger partial charge in [-0.15, -0.1) is 0 Å². The van der Waals surface area contributed by atoms with E-state index in [1.165, 1.54) is 32.0 Å². The number of fused-ring (bicyclic) bond motifs is 3. The molecule has 0 saturated carbocycles. The molecule has 0 amide bonds. The third-order valence-corrected chi connectivity index (χ3v) is 6.05. The Labute approximate surface area is 154 Å². The number of ether oxygens (including phenoxy) is 1. The van der Waals surface area contributed by atoms with Crippen LogP contribution in [0.1, 0.15) is 25.3 Å². The molecule has 3 fully saturated rings. The van der Waals surface area contributed by atoms with Crippen LogP contribution >= 0.6 is 0 Å². The van der Waals surface area contributed by atoms with Gasteiger partial charge < -0.3 is 10.1 Å². The van der Waals surface area contributed by atoms with Crippen LogP contribution < -0.4 is 10.1 Å². The number of halogens is 1. The number of hydrogen-bond donors (Lipinski definition) is 1. The molecule has 26 heavy (non-hydrogen) atoms. The third kappa shape index (κ3) is 3.05. The maximum atomic E-state index is 14.4. The van der Waals surface area contributed by atoms with Crippen molar-refractivity contribution in [3.8, 4) is 16.9 Å². The van der Waals surface area contributed by atoms with Gasteiger partial charge in [-0.2, -0.15) is 0 Å². The van der Waals surface area contributed by atoms with Crippen LogP contribution in [0.25, 0.3) is 11.1 Å². The van der Waals surface area contributed by atoms with E-state index in [0.717, 1.165) is 22.9 Å². The zero-order valence-corrected chi connectivity index (χ0v) is 15.6. The number of nitrogens with one attached hydrogen (secondary N) is 1. The van der Waals surface area contributed by atoms with E-state index in [9.17, 15) is 4.39 Å². The van der Waals surface area contributed by atoms with E-state index in [0.29, 0.717) is 23.4 Å². The Bertz CT molecular complexity index is 783. The van der Waals surface area contributed by atoms with E-state index in [4.69, 9.17) is 4.74 Å². The highest BCUT2D eigenvalue weighted by Crippen LogP contribution is 2.34. The fourth-order valence-electron chi connectivity index (χ4n) is 4.45. The maximum absolute atomic E-state index is 14.4. The van der Waals surface area contributed by atoms with Gasteiger partial charge in [-0.1, -0.05) is 0 Å². The van der Waals surface area contributed by atoms with Gasteiger partial charge in [0.05, 0.1) is 7.11 Å². The lowest BCUT2D eigenvalue weighted by Crippen LogP contribution is -2.59. The van der Waals surface area contributed by atoms with Gasteiger partial charge in [0.25, 0.3) is 0 Å². The number of pyridine rings is 1. The third-order valence-electron chi connectivity index (χ3n) is 6.05. The van der Waals surface area contributed by atoms with Crippen molar-refractivity contribution in [3.05, 3.63) is 41.8 Å². The number of nitrogens with zero attached hydrogens (tertiary/aromatic N) is 2. The predicted molar refractivity (Wildman–Crippen MR) is 102 cm³/mol. The van der Waals surface area contributed by atoms with Crippen molar-refractivity contribution >= 4 is 5.82 Å². The Balaban J connectivity index is 1.54. The highest BCUT2D eigenvalue weighted by Gasteiger charge is 2.39. The molecule has 3 aliphatic rings. The first-order valence-electron chi connectivity index (χ1n) is 9.38. The summed E-state index contributed by atoms with van der Waals surface area (Å²) < 4.78 is 19.7. The molecule has 0 radical (unpaired) electrons. The van der Waals surface area contributed by atoms with Gasteiger partial charge in [-0.25, -0.2) is 9.37 Å². The minimum absolute atomic E-state index is 0.253. The lowest BCUT2D eigenvalue weighted by atomic mass is 9.79. The van der Waals surface area contributed by atoms with Crippen LogP contribution in [0, 0.1) is 18.7 Å². The molecular formula is C21H26FN3O. The molecule has 0 spiro atoms. The molecule has 138 valence electrons. The van der Waals surface area contributed by atoms with Crippen LogP contribution in [0.2, 0.25) is 0 Å². The molecule has 4 nitrogen and oxygen atoms in total. The fraction of sp³-hybridized carbons (Fsp3) is 0.476. The number of rotatable bonds is 4. The Hall–Kier alpha value is -2.14. The molecule has 2 unspecified atom stereocenters. The number of methoxy groups -OCH3 is 1. The summed E-state index contributed by atoms with van der Waals surface area (Å²) in [4.78, 5) is 7.10. The summed E-state index contributed by atoms with van der Waals surface area (Å²) in [6.45, 7) is 6.56. The molecule has 2 aromatic rings. The van der Waals surface area contributed by atoms with Crippen molar-refractivity contribution in [3.63, 3.8) is 0 Å². The Morgan fingerprint density at radius 1 is 1.23 bits per heavy atom. The van der Waals surface area contributed by atoms with Crippen LogP contribution in [-0.2, 0) is 0 Å². The lowest BCUT2D eigenvalue weighted by molar-refractivity contribution is 0.0457.